The van der Waals surface area contributed by atoms with Crippen molar-refractivity contribution in [3.63, 3.8) is 0 Å². The van der Waals surface area contributed by atoms with Gasteiger partial charge in [0.25, 0.3) is 0 Å². The zero-order valence-corrected chi connectivity index (χ0v) is 9.68. The van der Waals surface area contributed by atoms with Gasteiger partial charge < -0.3 is 10.1 Å². The van der Waals surface area contributed by atoms with Crippen molar-refractivity contribution in [3.8, 4) is 0 Å². The summed E-state index contributed by atoms with van der Waals surface area (Å²) in [7, 11) is 0. The largest absolute Gasteiger partial charge is 0.471 e. The Kier molecular flexibility index (Phi) is 5.74. The minimum absolute atomic E-state index is 0.00502. The Morgan fingerprint density at radius 2 is 1.88 bits per heavy atom. The number of hydrogen-bond donors (Lipinski definition) is 1. The van der Waals surface area contributed by atoms with Gasteiger partial charge in [-0.1, -0.05) is 19.3 Å². The van der Waals surface area contributed by atoms with E-state index < -0.39 is 12.1 Å². The molecule has 100 valence electrons. The lowest BCUT2D eigenvalue weighted by Gasteiger charge is -2.21. The quantitative estimate of drug-likeness (QED) is 0.764. The number of ether oxygens (including phenoxy) is 1. The van der Waals surface area contributed by atoms with E-state index >= 15 is 0 Å². The summed E-state index contributed by atoms with van der Waals surface area (Å²) in [4.78, 5) is 10.5. The topological polar surface area (TPSA) is 38.3 Å². The molecule has 0 heterocycles. The van der Waals surface area contributed by atoms with Crippen LogP contribution in [0.1, 0.15) is 38.5 Å². The number of rotatable bonds is 5. The second kappa shape index (κ2) is 6.83. The summed E-state index contributed by atoms with van der Waals surface area (Å²) in [5.41, 5.74) is 0. The van der Waals surface area contributed by atoms with Gasteiger partial charge in [0.05, 0.1) is 6.10 Å². The molecule has 1 amide bonds. The van der Waals surface area contributed by atoms with E-state index in [1.165, 1.54) is 6.42 Å². The Hall–Kier alpha value is -0.780. The molecule has 17 heavy (non-hydrogen) atoms. The van der Waals surface area contributed by atoms with Gasteiger partial charge in [-0.2, -0.15) is 13.2 Å². The van der Waals surface area contributed by atoms with Gasteiger partial charge in [-0.05, 0) is 19.3 Å². The van der Waals surface area contributed by atoms with E-state index in [2.05, 4.69) is 0 Å². The summed E-state index contributed by atoms with van der Waals surface area (Å²) in [6, 6.07) is 0. The van der Waals surface area contributed by atoms with Crippen LogP contribution in [0.4, 0.5) is 13.2 Å². The van der Waals surface area contributed by atoms with Crippen molar-refractivity contribution in [3.05, 3.63) is 0 Å². The van der Waals surface area contributed by atoms with E-state index in [0.29, 0.717) is 13.0 Å². The molecule has 3 nitrogen and oxygen atoms in total. The fourth-order valence-corrected chi connectivity index (χ4v) is 1.86. The number of halogens is 3. The van der Waals surface area contributed by atoms with Crippen molar-refractivity contribution in [1.82, 2.24) is 5.32 Å². The third-order valence-corrected chi connectivity index (χ3v) is 2.77. The molecule has 0 aromatic heterocycles. The van der Waals surface area contributed by atoms with E-state index in [1.807, 2.05) is 5.32 Å². The third-order valence-electron chi connectivity index (χ3n) is 2.77. The lowest BCUT2D eigenvalue weighted by molar-refractivity contribution is -0.173. The molecule has 1 aliphatic rings. The molecule has 0 bridgehead atoms. The lowest BCUT2D eigenvalue weighted by Crippen LogP contribution is -2.37. The van der Waals surface area contributed by atoms with Gasteiger partial charge in [-0.25, -0.2) is 0 Å². The zero-order valence-electron chi connectivity index (χ0n) is 9.68. The highest BCUT2D eigenvalue weighted by Gasteiger charge is 2.38. The van der Waals surface area contributed by atoms with E-state index in [9.17, 15) is 18.0 Å². The molecule has 1 fully saturated rings. The Bertz CT molecular complexity index is 237. The third kappa shape index (κ3) is 5.91. The fourth-order valence-electron chi connectivity index (χ4n) is 1.86. The average Bonchev–Trinajstić information content (AvgIpc) is 2.28. The minimum atomic E-state index is -4.79. The highest BCUT2D eigenvalue weighted by molar-refractivity contribution is 5.81. The van der Waals surface area contributed by atoms with Gasteiger partial charge in [-0.15, -0.1) is 0 Å². The average molecular weight is 253 g/mol. The molecule has 6 heteroatoms. The predicted octanol–water partition coefficient (Wildman–Crippen LogP) is 2.40. The van der Waals surface area contributed by atoms with Gasteiger partial charge in [0.2, 0.25) is 0 Å². The highest BCUT2D eigenvalue weighted by atomic mass is 19.4. The van der Waals surface area contributed by atoms with E-state index in [1.54, 1.807) is 0 Å². The molecule has 0 aromatic carbocycles. The first-order valence-corrected chi connectivity index (χ1v) is 5.97. The van der Waals surface area contributed by atoms with Gasteiger partial charge in [0.1, 0.15) is 0 Å². The number of amides is 1. The molecule has 0 atom stereocenters. The molecule has 1 N–H and O–H groups in total. The van der Waals surface area contributed by atoms with Crippen molar-refractivity contribution >= 4 is 5.91 Å². The summed E-state index contributed by atoms with van der Waals surface area (Å²) in [6.07, 6.45) is 1.51. The van der Waals surface area contributed by atoms with Crippen LogP contribution in [0.3, 0.4) is 0 Å². The molecular weight excluding hydrogens is 235 g/mol. The van der Waals surface area contributed by atoms with Crippen molar-refractivity contribution in [2.45, 2.75) is 50.8 Å². The first kappa shape index (κ1) is 14.3. The first-order valence-electron chi connectivity index (χ1n) is 5.97. The number of alkyl halides is 3. The molecule has 0 unspecified atom stereocenters. The van der Waals surface area contributed by atoms with Crippen molar-refractivity contribution in [1.29, 1.82) is 0 Å². The summed E-state index contributed by atoms with van der Waals surface area (Å²) in [6.45, 7) is 0.411. The van der Waals surface area contributed by atoms with Crippen LogP contribution in [0.5, 0.6) is 0 Å². The molecule has 1 rings (SSSR count). The predicted molar refractivity (Wildman–Crippen MR) is 56.5 cm³/mol. The van der Waals surface area contributed by atoms with Crippen LogP contribution in [-0.4, -0.2) is 31.3 Å². The molecule has 1 saturated carbocycles. The number of nitrogens with one attached hydrogen (secondary N) is 1. The normalized spacial score (nSPS) is 18.1. The zero-order chi connectivity index (χ0) is 12.7. The molecule has 0 spiro atoms. The van der Waals surface area contributed by atoms with Gasteiger partial charge >= 0.3 is 12.1 Å². The van der Waals surface area contributed by atoms with Crippen LogP contribution in [0.2, 0.25) is 0 Å². The molecule has 1 aliphatic carbocycles. The van der Waals surface area contributed by atoms with Gasteiger partial charge in [0, 0.05) is 13.2 Å². The first-order chi connectivity index (χ1) is 8.00. The Morgan fingerprint density at radius 1 is 1.24 bits per heavy atom. The molecule has 0 aliphatic heterocycles. The minimum Gasteiger partial charge on any atom is -0.378 e. The number of carbonyl (C=O) groups is 1. The van der Waals surface area contributed by atoms with Crippen LogP contribution in [0.25, 0.3) is 0 Å². The van der Waals surface area contributed by atoms with Crippen LogP contribution in [0.15, 0.2) is 0 Å². The number of hydrogen-bond acceptors (Lipinski definition) is 2. The van der Waals surface area contributed by atoms with Crippen LogP contribution >= 0.6 is 0 Å². The monoisotopic (exact) mass is 253 g/mol. The van der Waals surface area contributed by atoms with Crippen LogP contribution in [0, 0.1) is 0 Å². The molecule has 0 saturated heterocycles. The highest BCUT2D eigenvalue weighted by Crippen LogP contribution is 2.20. The van der Waals surface area contributed by atoms with Crippen molar-refractivity contribution in [2.75, 3.05) is 13.2 Å². The number of carbonyl (C=O) groups excluding carboxylic acids is 1. The Morgan fingerprint density at radius 3 is 2.47 bits per heavy atom. The maximum absolute atomic E-state index is 11.8. The van der Waals surface area contributed by atoms with E-state index in [4.69, 9.17) is 4.74 Å². The van der Waals surface area contributed by atoms with Crippen molar-refractivity contribution < 1.29 is 22.7 Å². The van der Waals surface area contributed by atoms with Crippen molar-refractivity contribution in [2.24, 2.45) is 0 Å². The van der Waals surface area contributed by atoms with Crippen LogP contribution < -0.4 is 5.32 Å². The summed E-state index contributed by atoms with van der Waals surface area (Å²) in [5, 5.41) is 1.82. The van der Waals surface area contributed by atoms with Gasteiger partial charge in [-0.3, -0.25) is 4.79 Å². The summed E-state index contributed by atoms with van der Waals surface area (Å²) < 4.78 is 40.9. The summed E-state index contributed by atoms with van der Waals surface area (Å²) >= 11 is 0. The molecular formula is C11H18F3NO2. The second-order valence-electron chi connectivity index (χ2n) is 4.24. The maximum Gasteiger partial charge on any atom is 0.471 e. The second-order valence-corrected chi connectivity index (χ2v) is 4.24. The molecule has 0 aromatic rings. The van der Waals surface area contributed by atoms with E-state index in [0.717, 1.165) is 25.7 Å². The van der Waals surface area contributed by atoms with E-state index in [-0.39, 0.29) is 12.6 Å². The van der Waals surface area contributed by atoms with Gasteiger partial charge in [0.15, 0.2) is 0 Å². The van der Waals surface area contributed by atoms with Crippen LogP contribution in [-0.2, 0) is 9.53 Å². The summed E-state index contributed by atoms with van der Waals surface area (Å²) in [5.74, 6) is -1.88. The smallest absolute Gasteiger partial charge is 0.378 e. The lowest BCUT2D eigenvalue weighted by atomic mass is 9.98. The fraction of sp³-hybridized carbons (Fsp3) is 0.909. The maximum atomic E-state index is 11.8. The SMILES string of the molecule is O=C(NCCCOC1CCCCC1)C(F)(F)F. The Balaban J connectivity index is 1.99. The standard InChI is InChI=1S/C11H18F3NO2/c12-11(13,14)10(16)15-7-4-8-17-9-5-2-1-3-6-9/h9H,1-8H2,(H,15,16). The Labute approximate surface area is 98.7 Å². The molecule has 0 radical (unpaired) electrons.